The molecule has 5 heterocycles. The molecule has 0 N–H and O–H groups in total. The summed E-state index contributed by atoms with van der Waals surface area (Å²) >= 11 is 5.41. The lowest BCUT2D eigenvalue weighted by Gasteiger charge is -2.26. The molecule has 0 radical (unpaired) electrons. The van der Waals surface area contributed by atoms with E-state index < -0.39 is 0 Å². The van der Waals surface area contributed by atoms with E-state index in [4.69, 9.17) is 4.85 Å². The Kier molecular flexibility index (Phi) is 8.29. The number of hydrogen-bond acceptors (Lipinski definition) is 4. The molecule has 70 heavy (non-hydrogen) atoms. The fraction of sp³-hybridized carbons (Fsp3) is 0.0159. The molecule has 10 aromatic carbocycles. The quantitative estimate of drug-likeness (QED) is 0.162. The number of thiophene rings is 3. The highest BCUT2D eigenvalue weighted by Gasteiger charge is 2.33. The fourth-order valence-corrected chi connectivity index (χ4v) is 15.4. The predicted octanol–water partition coefficient (Wildman–Crippen LogP) is 19.0. The van der Waals surface area contributed by atoms with Crippen molar-refractivity contribution in [1.29, 1.82) is 5.26 Å². The molecule has 0 spiro atoms. The van der Waals surface area contributed by atoms with Gasteiger partial charge in [0, 0.05) is 79.1 Å². The maximum Gasteiger partial charge on any atom is 0.221 e. The van der Waals surface area contributed by atoms with Gasteiger partial charge in [-0.2, -0.15) is 5.26 Å². The van der Waals surface area contributed by atoms with Crippen molar-refractivity contribution in [1.82, 2.24) is 9.13 Å². The topological polar surface area (TPSA) is 38.0 Å². The van der Waals surface area contributed by atoms with Crippen molar-refractivity contribution in [2.75, 3.05) is 0 Å². The van der Waals surface area contributed by atoms with Crippen LogP contribution in [-0.4, -0.2) is 9.13 Å². The van der Waals surface area contributed by atoms with Gasteiger partial charge in [0.05, 0.1) is 59.7 Å². The summed E-state index contributed by atoms with van der Waals surface area (Å²) in [6.45, 7) is 11.8. The molecule has 15 rings (SSSR count). The Labute approximate surface area is 412 Å². The minimum Gasteiger partial charge on any atom is -0.316 e. The van der Waals surface area contributed by atoms with E-state index in [2.05, 4.69) is 198 Å². The second-order valence-electron chi connectivity index (χ2n) is 18.1. The average molecular weight is 943 g/mol. The van der Waals surface area contributed by atoms with E-state index >= 15 is 0 Å². The third kappa shape index (κ3) is 5.21. The predicted molar refractivity (Wildman–Crippen MR) is 300 cm³/mol. The molecular weight excluding hydrogens is 909 g/mol. The van der Waals surface area contributed by atoms with Crippen LogP contribution in [0.5, 0.6) is 0 Å². The fourth-order valence-electron chi connectivity index (χ4n) is 11.6. The Balaban J connectivity index is 1.24. The number of aromatic nitrogens is 2. The van der Waals surface area contributed by atoms with Crippen molar-refractivity contribution in [3.8, 4) is 39.7 Å². The monoisotopic (exact) mass is 942 g/mol. The Morgan fingerprint density at radius 3 is 1.51 bits per heavy atom. The molecule has 0 aliphatic carbocycles. The first-order valence-electron chi connectivity index (χ1n) is 23.3. The van der Waals surface area contributed by atoms with Crippen molar-refractivity contribution in [2.24, 2.45) is 0 Å². The van der Waals surface area contributed by atoms with E-state index in [0.717, 1.165) is 76.3 Å². The average Bonchev–Trinajstić information content (AvgIpc) is 4.23. The highest BCUT2D eigenvalue weighted by atomic mass is 32.1. The third-order valence-corrected chi connectivity index (χ3v) is 18.1. The lowest BCUT2D eigenvalue weighted by Crippen LogP contribution is -2.08. The molecule has 0 saturated carbocycles. The molecule has 0 amide bonds. The van der Waals surface area contributed by atoms with Crippen LogP contribution in [0, 0.1) is 24.8 Å². The normalized spacial score (nSPS) is 12.0. The molecule has 0 bridgehead atoms. The first kappa shape index (κ1) is 39.4. The Hall–Kier alpha value is -8.56. The lowest BCUT2D eigenvalue weighted by atomic mass is 9.88. The van der Waals surface area contributed by atoms with Gasteiger partial charge < -0.3 is 9.13 Å². The Morgan fingerprint density at radius 1 is 0.429 bits per heavy atom. The molecule has 4 nitrogen and oxygen atoms in total. The summed E-state index contributed by atoms with van der Waals surface area (Å²) in [4.78, 5) is 4.69. The van der Waals surface area contributed by atoms with E-state index in [1.807, 2.05) is 34.8 Å². The Morgan fingerprint density at radius 2 is 0.900 bits per heavy atom. The van der Waals surface area contributed by atoms with Gasteiger partial charge in [-0.3, -0.25) is 0 Å². The van der Waals surface area contributed by atoms with Crippen LogP contribution in [0.2, 0.25) is 0 Å². The van der Waals surface area contributed by atoms with Crippen molar-refractivity contribution in [3.05, 3.63) is 211 Å². The minimum atomic E-state index is 0.427. The third-order valence-electron chi connectivity index (χ3n) is 14.5. The number of benzene rings is 10. The van der Waals surface area contributed by atoms with Gasteiger partial charge in [0.2, 0.25) is 5.69 Å². The van der Waals surface area contributed by atoms with E-state index in [0.29, 0.717) is 16.9 Å². The lowest BCUT2D eigenvalue weighted by molar-refractivity contribution is 1.15. The number of hydrogen-bond donors (Lipinski definition) is 0. The van der Waals surface area contributed by atoms with Crippen molar-refractivity contribution >= 4 is 144 Å². The van der Waals surface area contributed by atoms with Crippen LogP contribution in [0.4, 0.5) is 5.69 Å². The number of nitriles is 1. The van der Waals surface area contributed by atoms with Crippen LogP contribution in [-0.2, 0) is 0 Å². The molecule has 15 aromatic rings. The summed E-state index contributed by atoms with van der Waals surface area (Å²) in [7, 11) is 0. The smallest absolute Gasteiger partial charge is 0.221 e. The highest BCUT2D eigenvalue weighted by Crippen LogP contribution is 2.55. The van der Waals surface area contributed by atoms with E-state index in [1.165, 1.54) is 61.4 Å². The van der Waals surface area contributed by atoms with Gasteiger partial charge in [-0.05, 0) is 47.9 Å². The van der Waals surface area contributed by atoms with Crippen LogP contribution >= 0.6 is 34.0 Å². The molecule has 0 unspecified atom stereocenters. The van der Waals surface area contributed by atoms with Crippen molar-refractivity contribution in [2.45, 2.75) is 6.92 Å². The van der Waals surface area contributed by atoms with Gasteiger partial charge >= 0.3 is 0 Å². The molecule has 0 fully saturated rings. The second-order valence-corrected chi connectivity index (χ2v) is 21.2. The van der Waals surface area contributed by atoms with Crippen LogP contribution in [0.15, 0.2) is 188 Å². The number of fused-ring (bicyclic) bond motifs is 18. The van der Waals surface area contributed by atoms with Crippen molar-refractivity contribution in [3.63, 3.8) is 0 Å². The molecule has 0 aliphatic heterocycles. The van der Waals surface area contributed by atoms with Gasteiger partial charge in [0.1, 0.15) is 6.07 Å². The first-order valence-corrected chi connectivity index (χ1v) is 25.7. The number of para-hydroxylation sites is 1. The van der Waals surface area contributed by atoms with Gasteiger partial charge in [0.15, 0.2) is 0 Å². The summed E-state index contributed by atoms with van der Waals surface area (Å²) in [6, 6.07) is 69.8. The Bertz CT molecular complexity index is 4650. The van der Waals surface area contributed by atoms with E-state index in [-0.39, 0.29) is 0 Å². The summed E-state index contributed by atoms with van der Waals surface area (Å²) in [5, 5.41) is 23.9. The largest absolute Gasteiger partial charge is 0.316 e. The molecule has 0 atom stereocenters. The zero-order valence-corrected chi connectivity index (χ0v) is 39.9. The molecule has 324 valence electrons. The molecular formula is C63H34N4S3. The van der Waals surface area contributed by atoms with Gasteiger partial charge in [-0.15, -0.1) is 34.0 Å². The SMILES string of the molecule is [C-]#[N+]c1c(-c2ccccc2)c(-n2c3c(ccc4c5ccccc5sc43)c3ccc4c5ccccc5sc4c32)c(-c2ccccc2)c(C#N)c1-n1c2ccccc2c2ccc3c(sc4cccc(C)c43)c21. The second kappa shape index (κ2) is 14.7. The summed E-state index contributed by atoms with van der Waals surface area (Å²) < 4.78 is 11.8. The number of rotatable bonds is 4. The van der Waals surface area contributed by atoms with Crippen molar-refractivity contribution < 1.29 is 0 Å². The maximum absolute atomic E-state index is 12.3. The summed E-state index contributed by atoms with van der Waals surface area (Å²) in [5.41, 5.74) is 11.0. The van der Waals surface area contributed by atoms with Crippen LogP contribution in [0.1, 0.15) is 11.1 Å². The molecule has 0 saturated heterocycles. The summed E-state index contributed by atoms with van der Waals surface area (Å²) in [6.07, 6.45) is 0. The standard InChI is InChI=1S/C63H34N4S3/c1-35-16-15-27-51-52(35)46-33-30-41-38-21-9-12-24-48(38)66(57(41)63(46)70-51)56-47(34-64)53(36-17-5-3-6-18-36)60(54(55(56)65-2)37-19-7-4-8-20-37)67-58-42(28-31-44-39-22-10-13-25-49(39)68-61(44)58)43-29-32-45-40-23-11-14-26-50(40)69-62(45)59(43)67/h3-33H,1H3. The summed E-state index contributed by atoms with van der Waals surface area (Å²) in [5.74, 6) is 0. The van der Waals surface area contributed by atoms with Crippen LogP contribution in [0.25, 0.3) is 143 Å². The van der Waals surface area contributed by atoms with Crippen LogP contribution < -0.4 is 0 Å². The number of nitrogens with zero attached hydrogens (tertiary/aromatic N) is 4. The van der Waals surface area contributed by atoms with E-state index in [1.54, 1.807) is 11.3 Å². The zero-order chi connectivity index (χ0) is 46.4. The van der Waals surface area contributed by atoms with Gasteiger partial charge in [0.25, 0.3) is 0 Å². The molecule has 7 heteroatoms. The number of aryl methyl sites for hydroxylation is 1. The van der Waals surface area contributed by atoms with E-state index in [9.17, 15) is 11.8 Å². The van der Waals surface area contributed by atoms with Gasteiger partial charge in [-0.1, -0.05) is 164 Å². The van der Waals surface area contributed by atoms with Gasteiger partial charge in [-0.25, -0.2) is 4.85 Å². The minimum absolute atomic E-state index is 0.427. The zero-order valence-electron chi connectivity index (χ0n) is 37.4. The first-order chi connectivity index (χ1) is 34.6. The van der Waals surface area contributed by atoms with Crippen LogP contribution in [0.3, 0.4) is 0 Å². The highest BCUT2D eigenvalue weighted by molar-refractivity contribution is 7.27. The maximum atomic E-state index is 12.3. The molecule has 0 aliphatic rings. The molecule has 5 aromatic heterocycles.